The summed E-state index contributed by atoms with van der Waals surface area (Å²) in [5.41, 5.74) is 1.00. The third-order valence-electron chi connectivity index (χ3n) is 4.71. The lowest BCUT2D eigenvalue weighted by Gasteiger charge is -2.26. The van der Waals surface area contributed by atoms with Crippen LogP contribution in [-0.2, 0) is 18.0 Å². The Bertz CT molecular complexity index is 1120. The Hall–Kier alpha value is -2.27. The topological polar surface area (TPSA) is 63.9 Å². The Morgan fingerprint density at radius 1 is 1.23 bits per heavy atom. The number of amides is 1. The van der Waals surface area contributed by atoms with Crippen LogP contribution in [0, 0.1) is 0 Å². The van der Waals surface area contributed by atoms with E-state index in [1.165, 1.54) is 6.20 Å². The number of hydrogen-bond donors (Lipinski definition) is 0. The number of carbonyl (C=O) groups is 1. The van der Waals surface area contributed by atoms with Gasteiger partial charge in [0, 0.05) is 24.2 Å². The van der Waals surface area contributed by atoms with Gasteiger partial charge in [-0.15, -0.1) is 11.8 Å². The van der Waals surface area contributed by atoms with Crippen molar-refractivity contribution in [2.24, 2.45) is 7.05 Å². The van der Waals surface area contributed by atoms with E-state index in [2.05, 4.69) is 15.0 Å². The van der Waals surface area contributed by atoms with Crippen LogP contribution in [-0.4, -0.2) is 49.2 Å². The maximum atomic E-state index is 13.0. The molecule has 11 heteroatoms. The van der Waals surface area contributed by atoms with Crippen LogP contribution in [0.1, 0.15) is 12.6 Å². The van der Waals surface area contributed by atoms with Crippen LogP contribution in [0.4, 0.5) is 18.9 Å². The minimum Gasteiger partial charge on any atom is -0.325 e. The van der Waals surface area contributed by atoms with Crippen molar-refractivity contribution < 1.29 is 18.0 Å². The van der Waals surface area contributed by atoms with Crippen LogP contribution in [0.25, 0.3) is 22.6 Å². The molecule has 0 N–H and O–H groups in total. The monoisotopic (exact) mass is 453 g/mol. The van der Waals surface area contributed by atoms with E-state index in [1.54, 1.807) is 46.2 Å². The van der Waals surface area contributed by atoms with E-state index in [9.17, 15) is 18.0 Å². The maximum absolute atomic E-state index is 13.0. The molecule has 1 aliphatic rings. The van der Waals surface area contributed by atoms with Gasteiger partial charge in [0.25, 0.3) is 0 Å². The van der Waals surface area contributed by atoms with E-state index in [0.717, 1.165) is 28.2 Å². The number of halogens is 3. The van der Waals surface area contributed by atoms with Gasteiger partial charge in [0.05, 0.1) is 34.9 Å². The first-order valence-corrected chi connectivity index (χ1v) is 11.3. The van der Waals surface area contributed by atoms with Crippen molar-refractivity contribution in [2.45, 2.75) is 18.0 Å². The first kappa shape index (κ1) is 21.0. The summed E-state index contributed by atoms with van der Waals surface area (Å²) in [4.78, 5) is 27.3. The molecular weight excluding hydrogens is 435 g/mol. The second-order valence-electron chi connectivity index (χ2n) is 6.62. The second-order valence-corrected chi connectivity index (χ2v) is 9.03. The number of imidazole rings is 1. The van der Waals surface area contributed by atoms with Gasteiger partial charge in [-0.05, 0) is 17.9 Å². The largest absolute Gasteiger partial charge is 0.433 e. The van der Waals surface area contributed by atoms with E-state index in [1.807, 2.05) is 13.0 Å². The van der Waals surface area contributed by atoms with Crippen molar-refractivity contribution in [3.05, 3.63) is 30.2 Å². The lowest BCUT2D eigenvalue weighted by atomic mass is 10.3. The Labute approximate surface area is 179 Å². The molecule has 0 aromatic carbocycles. The fourth-order valence-electron chi connectivity index (χ4n) is 3.26. The molecule has 1 amide bonds. The van der Waals surface area contributed by atoms with Gasteiger partial charge in [-0.2, -0.15) is 24.9 Å². The molecule has 4 heterocycles. The highest BCUT2D eigenvalue weighted by Gasteiger charge is 2.33. The molecule has 6 nitrogen and oxygen atoms in total. The number of carbonyl (C=O) groups excluding carboxylic acids is 1. The number of thioether (sulfide) groups is 2. The molecular formula is C19H18F3N5OS2. The summed E-state index contributed by atoms with van der Waals surface area (Å²) in [5, 5.41) is 0. The zero-order valence-electron chi connectivity index (χ0n) is 16.2. The molecule has 30 heavy (non-hydrogen) atoms. The van der Waals surface area contributed by atoms with Crippen LogP contribution in [0.3, 0.4) is 0 Å². The molecule has 0 unspecified atom stereocenters. The predicted molar refractivity (Wildman–Crippen MR) is 113 cm³/mol. The molecule has 0 saturated carbocycles. The highest BCUT2D eigenvalue weighted by Crippen LogP contribution is 2.35. The zero-order valence-corrected chi connectivity index (χ0v) is 17.9. The van der Waals surface area contributed by atoms with E-state index in [0.29, 0.717) is 29.3 Å². The minimum absolute atomic E-state index is 0.0433. The summed E-state index contributed by atoms with van der Waals surface area (Å²) < 4.78 is 40.7. The maximum Gasteiger partial charge on any atom is 0.433 e. The van der Waals surface area contributed by atoms with Crippen molar-refractivity contribution in [1.29, 1.82) is 0 Å². The van der Waals surface area contributed by atoms with Gasteiger partial charge in [-0.3, -0.25) is 4.79 Å². The number of fused-ring (bicyclic) bond motifs is 1. The summed E-state index contributed by atoms with van der Waals surface area (Å²) >= 11 is 3.15. The summed E-state index contributed by atoms with van der Waals surface area (Å²) in [6, 6.07) is 2.85. The first-order valence-electron chi connectivity index (χ1n) is 9.20. The fourth-order valence-corrected chi connectivity index (χ4v) is 4.84. The molecule has 158 valence electrons. The van der Waals surface area contributed by atoms with Crippen LogP contribution in [0.2, 0.25) is 0 Å². The lowest BCUT2D eigenvalue weighted by molar-refractivity contribution is -0.141. The van der Waals surface area contributed by atoms with Gasteiger partial charge in [0.15, 0.2) is 5.82 Å². The van der Waals surface area contributed by atoms with Crippen LogP contribution in [0.5, 0.6) is 0 Å². The van der Waals surface area contributed by atoms with Crippen LogP contribution < -0.4 is 4.90 Å². The second kappa shape index (κ2) is 8.10. The molecule has 4 rings (SSSR count). The molecule has 0 bridgehead atoms. The molecule has 0 aliphatic carbocycles. The van der Waals surface area contributed by atoms with Gasteiger partial charge >= 0.3 is 6.18 Å². The highest BCUT2D eigenvalue weighted by molar-refractivity contribution is 8.00. The third-order valence-corrected chi connectivity index (χ3v) is 6.54. The standard InChI is InChI=1S/C19H18F3N5OS2/c1-3-30-14-6-11(27-4-5-29-10-16(27)28)8-24-17(14)18-25-12-7-15(19(20,21)22)23-9-13(12)26(18)2/h6-9H,3-5,10H2,1-2H3. The summed E-state index contributed by atoms with van der Waals surface area (Å²) in [6.07, 6.45) is -1.73. The Balaban J connectivity index is 1.80. The number of aromatic nitrogens is 4. The Morgan fingerprint density at radius 2 is 2.03 bits per heavy atom. The SMILES string of the molecule is CCSc1cc(N2CCSCC2=O)cnc1-c1nc2cc(C(F)(F)F)ncc2n1C. The molecule has 0 radical (unpaired) electrons. The lowest BCUT2D eigenvalue weighted by Crippen LogP contribution is -2.38. The molecule has 1 saturated heterocycles. The van der Waals surface area contributed by atoms with Crippen molar-refractivity contribution in [3.63, 3.8) is 0 Å². The first-order chi connectivity index (χ1) is 14.3. The van der Waals surface area contributed by atoms with Gasteiger partial charge in [0.1, 0.15) is 11.4 Å². The Morgan fingerprint density at radius 3 is 2.73 bits per heavy atom. The number of rotatable bonds is 4. The predicted octanol–water partition coefficient (Wildman–Crippen LogP) is 4.24. The number of hydrogen-bond acceptors (Lipinski definition) is 6. The summed E-state index contributed by atoms with van der Waals surface area (Å²) in [5.74, 6) is 2.57. The molecule has 1 aliphatic heterocycles. The van der Waals surface area contributed by atoms with Crippen molar-refractivity contribution in [3.8, 4) is 11.5 Å². The van der Waals surface area contributed by atoms with Gasteiger partial charge in [-0.1, -0.05) is 6.92 Å². The van der Waals surface area contributed by atoms with Crippen LogP contribution >= 0.6 is 23.5 Å². The van der Waals surface area contributed by atoms with E-state index in [-0.39, 0.29) is 11.4 Å². The number of anilines is 1. The molecule has 1 fully saturated rings. The number of nitrogens with zero attached hydrogens (tertiary/aromatic N) is 5. The number of pyridine rings is 2. The van der Waals surface area contributed by atoms with E-state index < -0.39 is 11.9 Å². The summed E-state index contributed by atoms with van der Waals surface area (Å²) in [7, 11) is 1.72. The van der Waals surface area contributed by atoms with E-state index in [4.69, 9.17) is 0 Å². The smallest absolute Gasteiger partial charge is 0.325 e. The van der Waals surface area contributed by atoms with Crippen molar-refractivity contribution >= 4 is 46.2 Å². The molecule has 3 aromatic heterocycles. The average Bonchev–Trinajstić information content (AvgIpc) is 3.04. The Kier molecular flexibility index (Phi) is 5.67. The number of aryl methyl sites for hydroxylation is 1. The fraction of sp³-hybridized carbons (Fsp3) is 0.368. The quantitative estimate of drug-likeness (QED) is 0.551. The molecule has 3 aromatic rings. The zero-order chi connectivity index (χ0) is 21.5. The van der Waals surface area contributed by atoms with Gasteiger partial charge in [0.2, 0.25) is 5.91 Å². The average molecular weight is 454 g/mol. The third kappa shape index (κ3) is 3.87. The molecule has 0 atom stereocenters. The number of alkyl halides is 3. The van der Waals surface area contributed by atoms with Crippen molar-refractivity contribution in [1.82, 2.24) is 19.5 Å². The molecule has 0 spiro atoms. The highest BCUT2D eigenvalue weighted by atomic mass is 32.2. The minimum atomic E-state index is -4.53. The van der Waals surface area contributed by atoms with Crippen molar-refractivity contribution in [2.75, 3.05) is 28.7 Å². The van der Waals surface area contributed by atoms with Gasteiger partial charge < -0.3 is 9.47 Å². The van der Waals surface area contributed by atoms with E-state index >= 15 is 0 Å². The summed E-state index contributed by atoms with van der Waals surface area (Å²) in [6.45, 7) is 2.62. The normalized spacial score (nSPS) is 15.2. The van der Waals surface area contributed by atoms with Gasteiger partial charge in [-0.25, -0.2) is 15.0 Å². The van der Waals surface area contributed by atoms with Crippen LogP contribution in [0.15, 0.2) is 29.4 Å².